The van der Waals surface area contributed by atoms with E-state index < -0.39 is 12.0 Å². The first-order chi connectivity index (χ1) is 21.8. The maximum atomic E-state index is 13.6. The van der Waals surface area contributed by atoms with E-state index in [1.165, 1.54) is 12.1 Å². The van der Waals surface area contributed by atoms with Gasteiger partial charge in [0.2, 0.25) is 5.91 Å². The largest absolute Gasteiger partial charge is 0.384 e. The number of primary amides is 1. The van der Waals surface area contributed by atoms with Crippen molar-refractivity contribution in [3.63, 3.8) is 0 Å². The standard InChI is InChI=1S/C37H33FN4O3/c1-41-16-18-42(19-17-41)37(45)24-11-15-31-32(20-24)40-35-23(21-33(39)43)10-14-29(34(31)35)27-5-2-6-28-26(27)4-3-7-30(28)36(44)22-8-12-25(38)13-9-22/h2-15,20,36,40,44H,16-19,21H2,1H3,(H2,39,43). The molecule has 45 heavy (non-hydrogen) atoms. The van der Waals surface area contributed by atoms with Crippen molar-refractivity contribution >= 4 is 44.4 Å². The summed E-state index contributed by atoms with van der Waals surface area (Å²) < 4.78 is 13.6. The lowest BCUT2D eigenvalue weighted by Gasteiger charge is -2.32. The van der Waals surface area contributed by atoms with Gasteiger partial charge in [-0.15, -0.1) is 0 Å². The molecule has 0 spiro atoms. The Balaban J connectivity index is 1.38. The van der Waals surface area contributed by atoms with Crippen molar-refractivity contribution in [1.29, 1.82) is 0 Å². The summed E-state index contributed by atoms with van der Waals surface area (Å²) in [4.78, 5) is 33.1. The Morgan fingerprint density at radius 2 is 1.60 bits per heavy atom. The highest BCUT2D eigenvalue weighted by Gasteiger charge is 2.23. The van der Waals surface area contributed by atoms with Crippen LogP contribution in [0, 0.1) is 5.82 Å². The average Bonchev–Trinajstić information content (AvgIpc) is 3.44. The van der Waals surface area contributed by atoms with Crippen LogP contribution in [0.3, 0.4) is 0 Å². The van der Waals surface area contributed by atoms with Crippen LogP contribution in [0.5, 0.6) is 0 Å². The minimum atomic E-state index is -0.938. The van der Waals surface area contributed by atoms with E-state index in [0.717, 1.165) is 62.4 Å². The predicted molar refractivity (Wildman–Crippen MR) is 176 cm³/mol. The number of aliphatic hydroxyl groups excluding tert-OH is 1. The zero-order chi connectivity index (χ0) is 31.2. The van der Waals surface area contributed by atoms with Crippen LogP contribution in [0.2, 0.25) is 0 Å². The molecule has 1 aliphatic rings. The third-order valence-electron chi connectivity index (χ3n) is 8.97. The molecule has 2 heterocycles. The second-order valence-electron chi connectivity index (χ2n) is 11.8. The number of halogens is 1. The van der Waals surface area contributed by atoms with Crippen LogP contribution in [-0.4, -0.2) is 64.9 Å². The Hall–Kier alpha value is -5.05. The Morgan fingerprint density at radius 1 is 0.867 bits per heavy atom. The second kappa shape index (κ2) is 11.5. The number of likely N-dealkylation sites (N-methyl/N-ethyl adjacent to an activating group) is 1. The van der Waals surface area contributed by atoms with Crippen LogP contribution in [-0.2, 0) is 11.2 Å². The molecule has 0 bridgehead atoms. The number of hydrogen-bond acceptors (Lipinski definition) is 4. The molecule has 7 nitrogen and oxygen atoms in total. The number of rotatable bonds is 6. The normalized spacial score (nSPS) is 14.8. The van der Waals surface area contributed by atoms with E-state index in [4.69, 9.17) is 5.73 Å². The minimum Gasteiger partial charge on any atom is -0.384 e. The second-order valence-corrected chi connectivity index (χ2v) is 11.8. The number of aromatic nitrogens is 1. The SMILES string of the molecule is CN1CCN(C(=O)c2ccc3c(c2)[nH]c2c(CC(N)=O)ccc(-c4cccc5c(C(O)c6ccc(F)cc6)cccc45)c23)CC1. The lowest BCUT2D eigenvalue weighted by molar-refractivity contribution is -0.117. The fraction of sp³-hybridized carbons (Fsp3) is 0.189. The van der Waals surface area contributed by atoms with E-state index in [9.17, 15) is 19.1 Å². The first-order valence-electron chi connectivity index (χ1n) is 15.1. The van der Waals surface area contributed by atoms with Gasteiger partial charge in [0.1, 0.15) is 11.9 Å². The van der Waals surface area contributed by atoms with Crippen molar-refractivity contribution < 1.29 is 19.1 Å². The number of carbonyl (C=O) groups is 2. The maximum absolute atomic E-state index is 13.6. The van der Waals surface area contributed by atoms with Crippen molar-refractivity contribution in [1.82, 2.24) is 14.8 Å². The van der Waals surface area contributed by atoms with Gasteiger partial charge in [0.25, 0.3) is 5.91 Å². The van der Waals surface area contributed by atoms with Gasteiger partial charge >= 0.3 is 0 Å². The van der Waals surface area contributed by atoms with E-state index in [0.29, 0.717) is 29.8 Å². The summed E-state index contributed by atoms with van der Waals surface area (Å²) in [6, 6.07) is 27.4. The quantitative estimate of drug-likeness (QED) is 0.226. The fourth-order valence-corrected chi connectivity index (χ4v) is 6.59. The van der Waals surface area contributed by atoms with Crippen molar-refractivity contribution in [2.45, 2.75) is 12.5 Å². The number of aliphatic hydroxyl groups is 1. The van der Waals surface area contributed by atoms with Gasteiger partial charge < -0.3 is 25.6 Å². The summed E-state index contributed by atoms with van der Waals surface area (Å²) in [6.45, 7) is 3.06. The number of nitrogens with one attached hydrogen (secondary N) is 1. The molecule has 0 aliphatic carbocycles. The topological polar surface area (TPSA) is 103 Å². The summed E-state index contributed by atoms with van der Waals surface area (Å²) in [6.07, 6.45) is -0.868. The molecule has 1 saturated heterocycles. The Bertz CT molecular complexity index is 2100. The molecule has 2 amide bonds. The first kappa shape index (κ1) is 28.7. The number of aromatic amines is 1. The molecule has 1 aliphatic heterocycles. The number of nitrogens with zero attached hydrogens (tertiary/aromatic N) is 2. The van der Waals surface area contributed by atoms with Gasteiger partial charge in [-0.1, -0.05) is 66.7 Å². The van der Waals surface area contributed by atoms with E-state index in [1.54, 1.807) is 12.1 Å². The van der Waals surface area contributed by atoms with Crippen LogP contribution in [0.25, 0.3) is 43.7 Å². The molecule has 5 aromatic carbocycles. The van der Waals surface area contributed by atoms with Crippen LogP contribution in [0.15, 0.2) is 91.0 Å². The Kier molecular flexibility index (Phi) is 7.31. The molecule has 4 N–H and O–H groups in total. The highest BCUT2D eigenvalue weighted by atomic mass is 19.1. The van der Waals surface area contributed by atoms with E-state index in [1.807, 2.05) is 71.6 Å². The number of nitrogens with two attached hydrogens (primary N) is 1. The Labute approximate surface area is 259 Å². The summed E-state index contributed by atoms with van der Waals surface area (Å²) in [5, 5.41) is 15.0. The van der Waals surface area contributed by atoms with Gasteiger partial charge in [0, 0.05) is 48.0 Å². The molecule has 1 fully saturated rings. The number of H-pyrrole nitrogens is 1. The molecule has 6 aromatic rings. The number of piperazine rings is 1. The molecule has 8 heteroatoms. The third-order valence-corrected chi connectivity index (χ3v) is 8.97. The third kappa shape index (κ3) is 5.22. The van der Waals surface area contributed by atoms with E-state index in [2.05, 4.69) is 16.9 Å². The maximum Gasteiger partial charge on any atom is 0.254 e. The zero-order valence-corrected chi connectivity index (χ0v) is 24.9. The van der Waals surface area contributed by atoms with Crippen LogP contribution >= 0.6 is 0 Å². The Morgan fingerprint density at radius 3 is 2.36 bits per heavy atom. The highest BCUT2D eigenvalue weighted by molar-refractivity contribution is 6.18. The van der Waals surface area contributed by atoms with Gasteiger partial charge in [0.05, 0.1) is 11.9 Å². The smallest absolute Gasteiger partial charge is 0.254 e. The monoisotopic (exact) mass is 600 g/mol. The molecular weight excluding hydrogens is 567 g/mol. The number of benzene rings is 5. The highest BCUT2D eigenvalue weighted by Crippen LogP contribution is 2.41. The summed E-state index contributed by atoms with van der Waals surface area (Å²) in [5.74, 6) is -0.787. The lowest BCUT2D eigenvalue weighted by atomic mass is 9.89. The minimum absolute atomic E-state index is 0.00235. The number of hydrogen-bond donors (Lipinski definition) is 3. The number of fused-ring (bicyclic) bond motifs is 4. The summed E-state index contributed by atoms with van der Waals surface area (Å²) in [7, 11) is 2.06. The average molecular weight is 601 g/mol. The molecule has 0 radical (unpaired) electrons. The summed E-state index contributed by atoms with van der Waals surface area (Å²) in [5.41, 5.74) is 11.8. The van der Waals surface area contributed by atoms with Gasteiger partial charge in [-0.3, -0.25) is 9.59 Å². The molecular formula is C37H33FN4O3. The zero-order valence-electron chi connectivity index (χ0n) is 24.9. The van der Waals surface area contributed by atoms with Gasteiger partial charge in [-0.2, -0.15) is 0 Å². The number of carbonyl (C=O) groups excluding carboxylic acids is 2. The molecule has 7 rings (SSSR count). The van der Waals surface area contributed by atoms with Crippen molar-refractivity contribution in [3.8, 4) is 11.1 Å². The van der Waals surface area contributed by atoms with Crippen LogP contribution in [0.1, 0.15) is 33.2 Å². The van der Waals surface area contributed by atoms with Crippen molar-refractivity contribution in [2.24, 2.45) is 5.73 Å². The van der Waals surface area contributed by atoms with Crippen LogP contribution in [0.4, 0.5) is 4.39 Å². The molecule has 1 atom stereocenters. The number of amides is 2. The van der Waals surface area contributed by atoms with E-state index >= 15 is 0 Å². The van der Waals surface area contributed by atoms with E-state index in [-0.39, 0.29) is 18.1 Å². The molecule has 1 unspecified atom stereocenters. The fourth-order valence-electron chi connectivity index (χ4n) is 6.59. The van der Waals surface area contributed by atoms with Crippen molar-refractivity contribution in [3.05, 3.63) is 119 Å². The van der Waals surface area contributed by atoms with Crippen LogP contribution < -0.4 is 5.73 Å². The molecule has 226 valence electrons. The predicted octanol–water partition coefficient (Wildman–Crippen LogP) is 5.78. The van der Waals surface area contributed by atoms with Crippen molar-refractivity contribution in [2.75, 3.05) is 33.2 Å². The van der Waals surface area contributed by atoms with Gasteiger partial charge in [-0.05, 0) is 69.9 Å². The van der Waals surface area contributed by atoms with Gasteiger partial charge in [-0.25, -0.2) is 4.39 Å². The summed E-state index contributed by atoms with van der Waals surface area (Å²) >= 11 is 0. The lowest BCUT2D eigenvalue weighted by Crippen LogP contribution is -2.47. The molecule has 0 saturated carbocycles. The van der Waals surface area contributed by atoms with Gasteiger partial charge in [0.15, 0.2) is 0 Å². The first-order valence-corrected chi connectivity index (χ1v) is 15.1. The molecule has 1 aromatic heterocycles.